The summed E-state index contributed by atoms with van der Waals surface area (Å²) >= 11 is 0. The summed E-state index contributed by atoms with van der Waals surface area (Å²) in [7, 11) is 8.68. The zero-order chi connectivity index (χ0) is 16.9. The molecule has 0 aliphatic heterocycles. The Hall–Kier alpha value is -2.76. The van der Waals surface area contributed by atoms with Crippen molar-refractivity contribution in [3.8, 4) is 0 Å². The molecule has 3 rings (SSSR count). The molecule has 0 N–H and O–H groups in total. The molecule has 0 radical (unpaired) electrons. The second kappa shape index (κ2) is 5.15. The van der Waals surface area contributed by atoms with Crippen LogP contribution in [0, 0.1) is 0 Å². The Bertz CT molecular complexity index is 931. The minimum Gasteiger partial charge on any atom is -0.343 e. The summed E-state index contributed by atoms with van der Waals surface area (Å²) < 4.78 is 3.52. The largest absolute Gasteiger partial charge is 0.343 e. The minimum atomic E-state index is -0.235. The fourth-order valence-electron chi connectivity index (χ4n) is 2.89. The first kappa shape index (κ1) is 15.1. The molecule has 2 amide bonds. The molecular weight excluding hydrogens is 292 g/mol. The molecule has 3 aromatic rings. The molecule has 0 saturated heterocycles. The minimum absolute atomic E-state index is 0.194. The fourth-order valence-corrected chi connectivity index (χ4v) is 2.89. The monoisotopic (exact) mass is 312 g/mol. The lowest BCUT2D eigenvalue weighted by Gasteiger charge is -2.16. The van der Waals surface area contributed by atoms with E-state index in [1.807, 2.05) is 35.9 Å². The van der Waals surface area contributed by atoms with Crippen LogP contribution < -0.4 is 0 Å². The standard InChI is InChI=1S/C17H20N4O2/c1-18(2)16(22)14-10-13-15(21(14)17(23)19(3)4)11-8-6-7-9-12(11)20(13)5/h6-10H,1-5H3. The molecule has 0 aliphatic carbocycles. The van der Waals surface area contributed by atoms with E-state index in [4.69, 9.17) is 0 Å². The number of carbonyl (C=O) groups excluding carboxylic acids is 2. The van der Waals surface area contributed by atoms with Crippen molar-refractivity contribution in [2.24, 2.45) is 7.05 Å². The number of hydrogen-bond donors (Lipinski definition) is 0. The summed E-state index contributed by atoms with van der Waals surface area (Å²) in [5.41, 5.74) is 3.04. The van der Waals surface area contributed by atoms with Gasteiger partial charge in [0.15, 0.2) is 0 Å². The van der Waals surface area contributed by atoms with E-state index in [9.17, 15) is 9.59 Å². The van der Waals surface area contributed by atoms with Gasteiger partial charge >= 0.3 is 6.03 Å². The Balaban J connectivity index is 2.46. The summed E-state index contributed by atoms with van der Waals surface area (Å²) in [6.07, 6.45) is 0. The third-order valence-corrected chi connectivity index (χ3v) is 4.06. The lowest BCUT2D eigenvalue weighted by Crippen LogP contribution is -2.32. The average molecular weight is 312 g/mol. The van der Waals surface area contributed by atoms with Crippen LogP contribution in [0.25, 0.3) is 21.9 Å². The van der Waals surface area contributed by atoms with Gasteiger partial charge in [-0.05, 0) is 12.1 Å². The Labute approximate surface area is 134 Å². The number of hydrogen-bond acceptors (Lipinski definition) is 2. The number of benzene rings is 1. The molecule has 23 heavy (non-hydrogen) atoms. The Morgan fingerprint density at radius 2 is 1.61 bits per heavy atom. The van der Waals surface area contributed by atoms with Crippen molar-refractivity contribution in [2.75, 3.05) is 28.2 Å². The van der Waals surface area contributed by atoms with Crippen LogP contribution in [0.1, 0.15) is 10.5 Å². The van der Waals surface area contributed by atoms with E-state index < -0.39 is 0 Å². The van der Waals surface area contributed by atoms with E-state index in [1.54, 1.807) is 34.3 Å². The SMILES string of the molecule is CN(C)C(=O)c1cc2c(c3ccccc3n2C)n1C(=O)N(C)C. The molecule has 6 nitrogen and oxygen atoms in total. The van der Waals surface area contributed by atoms with Gasteiger partial charge in [0.05, 0.1) is 16.6 Å². The third kappa shape index (κ3) is 2.10. The first-order valence-corrected chi connectivity index (χ1v) is 7.36. The number of nitrogens with zero attached hydrogens (tertiary/aromatic N) is 4. The van der Waals surface area contributed by atoms with E-state index in [2.05, 4.69) is 0 Å². The van der Waals surface area contributed by atoms with Gasteiger partial charge in [-0.25, -0.2) is 4.79 Å². The molecule has 0 saturated carbocycles. The second-order valence-corrected chi connectivity index (χ2v) is 6.05. The van der Waals surface area contributed by atoms with Crippen molar-refractivity contribution in [2.45, 2.75) is 0 Å². The van der Waals surface area contributed by atoms with E-state index in [0.29, 0.717) is 5.69 Å². The summed E-state index contributed by atoms with van der Waals surface area (Å²) in [4.78, 5) is 28.2. The van der Waals surface area contributed by atoms with Gasteiger partial charge in [-0.15, -0.1) is 0 Å². The zero-order valence-electron chi connectivity index (χ0n) is 14.0. The van der Waals surface area contributed by atoms with Crippen molar-refractivity contribution in [3.05, 3.63) is 36.0 Å². The molecule has 0 aliphatic rings. The quantitative estimate of drug-likeness (QED) is 0.692. The number of carbonyl (C=O) groups is 2. The van der Waals surface area contributed by atoms with E-state index in [1.165, 1.54) is 14.4 Å². The van der Waals surface area contributed by atoms with Crippen LogP contribution in [0.15, 0.2) is 30.3 Å². The Kier molecular flexibility index (Phi) is 3.39. The van der Waals surface area contributed by atoms with Crippen LogP contribution in [-0.4, -0.2) is 59.1 Å². The maximum absolute atomic E-state index is 12.7. The maximum atomic E-state index is 12.7. The van der Waals surface area contributed by atoms with Crippen LogP contribution in [0.5, 0.6) is 0 Å². The highest BCUT2D eigenvalue weighted by Gasteiger charge is 2.26. The molecule has 0 unspecified atom stereocenters. The summed E-state index contributed by atoms with van der Waals surface area (Å²) in [5, 5.41) is 0.956. The van der Waals surface area contributed by atoms with Gasteiger partial charge in [0.25, 0.3) is 5.91 Å². The number of aromatic nitrogens is 2. The van der Waals surface area contributed by atoms with Gasteiger partial charge in [-0.1, -0.05) is 18.2 Å². The van der Waals surface area contributed by atoms with Gasteiger partial charge in [0.2, 0.25) is 0 Å². The van der Waals surface area contributed by atoms with E-state index >= 15 is 0 Å². The normalized spacial score (nSPS) is 11.2. The molecular formula is C17H20N4O2. The highest BCUT2D eigenvalue weighted by molar-refractivity contribution is 6.14. The van der Waals surface area contributed by atoms with Crippen molar-refractivity contribution >= 4 is 33.9 Å². The van der Waals surface area contributed by atoms with Crippen molar-refractivity contribution < 1.29 is 9.59 Å². The topological polar surface area (TPSA) is 50.5 Å². The fraction of sp³-hybridized carbons (Fsp3) is 0.294. The van der Waals surface area contributed by atoms with Crippen LogP contribution in [-0.2, 0) is 7.05 Å². The highest BCUT2D eigenvalue weighted by atomic mass is 16.2. The number of rotatable bonds is 1. The molecule has 0 spiro atoms. The lowest BCUT2D eigenvalue weighted by molar-refractivity contribution is 0.0818. The summed E-state index contributed by atoms with van der Waals surface area (Å²) in [6, 6.07) is 9.44. The number of amides is 2. The number of aryl methyl sites for hydroxylation is 1. The van der Waals surface area contributed by atoms with Gasteiger partial charge in [-0.2, -0.15) is 0 Å². The first-order chi connectivity index (χ1) is 10.8. The van der Waals surface area contributed by atoms with Crippen molar-refractivity contribution in [1.82, 2.24) is 18.9 Å². The summed E-state index contributed by atoms with van der Waals surface area (Å²) in [5.74, 6) is -0.194. The first-order valence-electron chi connectivity index (χ1n) is 7.36. The van der Waals surface area contributed by atoms with Gasteiger partial charge in [0, 0.05) is 40.6 Å². The molecule has 1 aromatic carbocycles. The summed E-state index contributed by atoms with van der Waals surface area (Å²) in [6.45, 7) is 0. The van der Waals surface area contributed by atoms with E-state index in [0.717, 1.165) is 21.9 Å². The van der Waals surface area contributed by atoms with E-state index in [-0.39, 0.29) is 11.9 Å². The zero-order valence-corrected chi connectivity index (χ0v) is 14.0. The van der Waals surface area contributed by atoms with Crippen LogP contribution >= 0.6 is 0 Å². The molecule has 6 heteroatoms. The van der Waals surface area contributed by atoms with Crippen LogP contribution in [0.2, 0.25) is 0 Å². The number of para-hydroxylation sites is 1. The van der Waals surface area contributed by atoms with Crippen LogP contribution in [0.3, 0.4) is 0 Å². The Morgan fingerprint density at radius 1 is 0.957 bits per heavy atom. The van der Waals surface area contributed by atoms with Crippen molar-refractivity contribution in [3.63, 3.8) is 0 Å². The maximum Gasteiger partial charge on any atom is 0.328 e. The lowest BCUT2D eigenvalue weighted by atomic mass is 10.2. The van der Waals surface area contributed by atoms with Crippen molar-refractivity contribution in [1.29, 1.82) is 0 Å². The van der Waals surface area contributed by atoms with Crippen LogP contribution in [0.4, 0.5) is 4.79 Å². The predicted octanol–water partition coefficient (Wildman–Crippen LogP) is 2.36. The predicted molar refractivity (Wildman–Crippen MR) is 90.9 cm³/mol. The molecule has 120 valence electrons. The van der Waals surface area contributed by atoms with Gasteiger partial charge < -0.3 is 14.4 Å². The molecule has 0 fully saturated rings. The molecule has 2 heterocycles. The Morgan fingerprint density at radius 3 is 2.22 bits per heavy atom. The third-order valence-electron chi connectivity index (χ3n) is 4.06. The molecule has 2 aromatic heterocycles. The smallest absolute Gasteiger partial charge is 0.328 e. The molecule has 0 atom stereocenters. The number of fused-ring (bicyclic) bond motifs is 3. The second-order valence-electron chi connectivity index (χ2n) is 6.05. The highest BCUT2D eigenvalue weighted by Crippen LogP contribution is 2.31. The average Bonchev–Trinajstić information content (AvgIpc) is 3.03. The van der Waals surface area contributed by atoms with Gasteiger partial charge in [-0.3, -0.25) is 9.36 Å². The molecule has 0 bridgehead atoms. The van der Waals surface area contributed by atoms with Gasteiger partial charge in [0.1, 0.15) is 5.69 Å².